The highest BCUT2D eigenvalue weighted by Crippen LogP contribution is 1.62. The lowest BCUT2D eigenvalue weighted by atomic mass is 10.5. The largest absolute Gasteiger partial charge is 0.346 e. The van der Waals surface area contributed by atoms with E-state index in [1.807, 2.05) is 5.32 Å². The molecule has 0 aromatic carbocycles. The Morgan fingerprint density at radius 2 is 2.09 bits per heavy atom. The molecular formula is C5H8N4O2. The highest BCUT2D eigenvalue weighted by Gasteiger charge is 2.01. The van der Waals surface area contributed by atoms with Gasteiger partial charge >= 0.3 is 0 Å². The van der Waals surface area contributed by atoms with Crippen molar-refractivity contribution in [3.05, 3.63) is 0 Å². The summed E-state index contributed by atoms with van der Waals surface area (Å²) in [7, 11) is 0. The van der Waals surface area contributed by atoms with Gasteiger partial charge in [0, 0.05) is 0 Å². The fraction of sp³-hybridized carbons (Fsp3) is 0.400. The lowest BCUT2D eigenvalue weighted by Crippen LogP contribution is -2.38. The summed E-state index contributed by atoms with van der Waals surface area (Å²) >= 11 is 0. The maximum Gasteiger partial charge on any atom is 0.252 e. The summed E-state index contributed by atoms with van der Waals surface area (Å²) in [6, 6.07) is 0. The van der Waals surface area contributed by atoms with Crippen LogP contribution in [-0.4, -0.2) is 24.9 Å². The van der Waals surface area contributed by atoms with Crippen molar-refractivity contribution in [2.75, 3.05) is 13.1 Å². The normalized spacial score (nSPS) is 8.00. The van der Waals surface area contributed by atoms with Crippen LogP contribution in [0.3, 0.4) is 0 Å². The maximum atomic E-state index is 10.5. The predicted octanol–water partition coefficient (Wildman–Crippen LogP) is -2.34. The highest BCUT2D eigenvalue weighted by atomic mass is 16.2. The molecule has 11 heavy (non-hydrogen) atoms. The Bertz CT molecular complexity index is 195. The summed E-state index contributed by atoms with van der Waals surface area (Å²) in [4.78, 5) is 20.9. The molecule has 6 nitrogen and oxygen atoms in total. The molecule has 0 bridgehead atoms. The number of nitrogens with two attached hydrogens (primary N) is 1. The smallest absolute Gasteiger partial charge is 0.252 e. The van der Waals surface area contributed by atoms with Crippen molar-refractivity contribution >= 4 is 11.8 Å². The minimum atomic E-state index is -0.561. The first-order valence-corrected chi connectivity index (χ1v) is 2.85. The van der Waals surface area contributed by atoms with Gasteiger partial charge in [0.15, 0.2) is 6.19 Å². The first kappa shape index (κ1) is 9.39. The van der Waals surface area contributed by atoms with E-state index >= 15 is 0 Å². The van der Waals surface area contributed by atoms with Gasteiger partial charge in [0.25, 0.3) is 5.91 Å². The van der Waals surface area contributed by atoms with Gasteiger partial charge < -0.3 is 11.1 Å². The number of nitriles is 1. The van der Waals surface area contributed by atoms with Gasteiger partial charge in [-0.3, -0.25) is 14.9 Å². The Labute approximate surface area is 63.4 Å². The molecule has 0 heterocycles. The third-order valence-corrected chi connectivity index (χ3v) is 0.827. The zero-order valence-electron chi connectivity index (χ0n) is 5.76. The summed E-state index contributed by atoms with van der Waals surface area (Å²) in [5, 5.41) is 12.0. The Balaban J connectivity index is 3.47. The predicted molar refractivity (Wildman–Crippen MR) is 35.8 cm³/mol. The van der Waals surface area contributed by atoms with Gasteiger partial charge in [0.05, 0.1) is 13.1 Å². The average Bonchev–Trinajstić information content (AvgIpc) is 2.01. The number of carbonyl (C=O) groups excluding carboxylic acids is 2. The van der Waals surface area contributed by atoms with E-state index in [4.69, 9.17) is 11.0 Å². The van der Waals surface area contributed by atoms with Crippen molar-refractivity contribution in [2.24, 2.45) is 5.73 Å². The average molecular weight is 156 g/mol. The number of nitrogens with one attached hydrogen (secondary N) is 2. The number of hydrogen-bond donors (Lipinski definition) is 3. The van der Waals surface area contributed by atoms with Gasteiger partial charge in [-0.05, 0) is 0 Å². The molecule has 0 radical (unpaired) electrons. The first-order chi connectivity index (χ1) is 5.20. The van der Waals surface area contributed by atoms with E-state index in [1.54, 1.807) is 0 Å². The molecule has 0 aliphatic heterocycles. The van der Waals surface area contributed by atoms with Crippen LogP contribution in [0.2, 0.25) is 0 Å². The fourth-order valence-corrected chi connectivity index (χ4v) is 0.358. The maximum absolute atomic E-state index is 10.5. The molecule has 2 amide bonds. The Kier molecular flexibility index (Phi) is 4.44. The molecule has 0 aliphatic rings. The third kappa shape index (κ3) is 4.87. The SMILES string of the molecule is N#CNC(=O)CNC(=O)CN. The van der Waals surface area contributed by atoms with Gasteiger partial charge in [-0.1, -0.05) is 0 Å². The number of nitrogens with zero attached hydrogens (tertiary/aromatic N) is 1. The van der Waals surface area contributed by atoms with Crippen LogP contribution >= 0.6 is 0 Å². The third-order valence-electron chi connectivity index (χ3n) is 0.827. The van der Waals surface area contributed by atoms with Gasteiger partial charge in [-0.15, -0.1) is 0 Å². The molecule has 0 spiro atoms. The molecule has 4 N–H and O–H groups in total. The summed E-state index contributed by atoms with van der Waals surface area (Å²) in [6.45, 7) is -0.385. The van der Waals surface area contributed by atoms with Crippen LogP contribution in [0, 0.1) is 11.5 Å². The second-order valence-corrected chi connectivity index (χ2v) is 1.64. The van der Waals surface area contributed by atoms with Crippen LogP contribution in [0.1, 0.15) is 0 Å². The molecule has 0 fully saturated rings. The Hall–Kier alpha value is -1.61. The molecule has 0 aliphatic carbocycles. The molecule has 0 unspecified atom stereocenters. The van der Waals surface area contributed by atoms with Crippen molar-refractivity contribution in [3.8, 4) is 6.19 Å². The number of rotatable bonds is 3. The van der Waals surface area contributed by atoms with E-state index in [0.717, 1.165) is 0 Å². The van der Waals surface area contributed by atoms with Crippen molar-refractivity contribution in [3.63, 3.8) is 0 Å². The summed E-state index contributed by atoms with van der Waals surface area (Å²) < 4.78 is 0. The Morgan fingerprint density at radius 1 is 1.45 bits per heavy atom. The molecule has 0 aromatic heterocycles. The van der Waals surface area contributed by atoms with Gasteiger partial charge in [0.1, 0.15) is 0 Å². The lowest BCUT2D eigenvalue weighted by Gasteiger charge is -1.99. The van der Waals surface area contributed by atoms with Crippen LogP contribution < -0.4 is 16.4 Å². The van der Waals surface area contributed by atoms with Gasteiger partial charge in [-0.25, -0.2) is 0 Å². The van der Waals surface area contributed by atoms with Crippen LogP contribution in [0.15, 0.2) is 0 Å². The number of carbonyl (C=O) groups is 2. The van der Waals surface area contributed by atoms with E-state index < -0.39 is 11.8 Å². The standard InChI is InChI=1S/C5H8N4O2/c6-1-4(10)8-2-5(11)9-3-7/h1-2,6H2,(H,8,10)(H,9,11). The topological polar surface area (TPSA) is 108 Å². The highest BCUT2D eigenvalue weighted by molar-refractivity contribution is 5.85. The quantitative estimate of drug-likeness (QED) is 0.314. The van der Waals surface area contributed by atoms with Crippen molar-refractivity contribution in [1.29, 1.82) is 5.26 Å². The van der Waals surface area contributed by atoms with Crippen molar-refractivity contribution < 1.29 is 9.59 Å². The molecule has 0 saturated carbocycles. The monoisotopic (exact) mass is 156 g/mol. The van der Waals surface area contributed by atoms with Gasteiger partial charge in [-0.2, -0.15) is 5.26 Å². The van der Waals surface area contributed by atoms with Crippen LogP contribution in [0.4, 0.5) is 0 Å². The van der Waals surface area contributed by atoms with Crippen molar-refractivity contribution in [1.82, 2.24) is 10.6 Å². The summed E-state index contributed by atoms with van der Waals surface area (Å²) in [5.74, 6) is -0.993. The van der Waals surface area contributed by atoms with E-state index in [1.165, 1.54) is 6.19 Å². The molecule has 0 saturated heterocycles. The molecule has 60 valence electrons. The molecule has 0 aromatic rings. The molecule has 0 rings (SSSR count). The van der Waals surface area contributed by atoms with E-state index in [-0.39, 0.29) is 13.1 Å². The molecule has 0 atom stereocenters. The zero-order chi connectivity index (χ0) is 8.69. The summed E-state index contributed by atoms with van der Waals surface area (Å²) in [5.41, 5.74) is 4.92. The van der Waals surface area contributed by atoms with Crippen LogP contribution in [0.25, 0.3) is 0 Å². The lowest BCUT2D eigenvalue weighted by molar-refractivity contribution is -0.124. The van der Waals surface area contributed by atoms with E-state index in [9.17, 15) is 9.59 Å². The number of amides is 2. The van der Waals surface area contributed by atoms with E-state index in [0.29, 0.717) is 0 Å². The first-order valence-electron chi connectivity index (χ1n) is 2.85. The second kappa shape index (κ2) is 5.20. The van der Waals surface area contributed by atoms with E-state index in [2.05, 4.69) is 5.32 Å². The minimum Gasteiger partial charge on any atom is -0.346 e. The number of hydrogen-bond acceptors (Lipinski definition) is 4. The zero-order valence-corrected chi connectivity index (χ0v) is 5.76. The van der Waals surface area contributed by atoms with Crippen LogP contribution in [0.5, 0.6) is 0 Å². The molecule has 6 heteroatoms. The summed E-state index contributed by atoms with van der Waals surface area (Å²) in [6.07, 6.45) is 1.43. The fourth-order valence-electron chi connectivity index (χ4n) is 0.358. The molecular weight excluding hydrogens is 148 g/mol. The van der Waals surface area contributed by atoms with Crippen LogP contribution in [-0.2, 0) is 9.59 Å². The van der Waals surface area contributed by atoms with Gasteiger partial charge in [0.2, 0.25) is 5.91 Å². The Morgan fingerprint density at radius 3 is 2.55 bits per heavy atom. The minimum absolute atomic E-state index is 0.167. The second-order valence-electron chi connectivity index (χ2n) is 1.64. The van der Waals surface area contributed by atoms with Crippen molar-refractivity contribution in [2.45, 2.75) is 0 Å².